The molecule has 0 spiro atoms. The van der Waals surface area contributed by atoms with E-state index in [-0.39, 0.29) is 30.3 Å². The summed E-state index contributed by atoms with van der Waals surface area (Å²) in [7, 11) is 3.42. The first-order chi connectivity index (χ1) is 9.08. The maximum atomic E-state index is 11.9. The summed E-state index contributed by atoms with van der Waals surface area (Å²) in [5.41, 5.74) is 1.32. The van der Waals surface area contributed by atoms with Gasteiger partial charge in [-0.05, 0) is 24.3 Å². The number of rotatable bonds is 3. The number of halogens is 1. The Morgan fingerprint density at radius 3 is 2.45 bits per heavy atom. The predicted octanol–water partition coefficient (Wildman–Crippen LogP) is 1.41. The Hall–Kier alpha value is -1.24. The molecule has 0 aliphatic carbocycles. The second-order valence-corrected chi connectivity index (χ2v) is 5.57. The second-order valence-electron chi connectivity index (χ2n) is 4.54. The van der Waals surface area contributed by atoms with Gasteiger partial charge in [-0.15, -0.1) is 24.2 Å². The van der Waals surface area contributed by atoms with Crippen LogP contribution in [0.25, 0.3) is 0 Å². The fraction of sp³-hybridized carbons (Fsp3) is 0.385. The third-order valence-corrected chi connectivity index (χ3v) is 3.78. The third kappa shape index (κ3) is 4.13. The first-order valence-corrected chi connectivity index (χ1v) is 7.17. The summed E-state index contributed by atoms with van der Waals surface area (Å²) in [5, 5.41) is 5.95. The summed E-state index contributed by atoms with van der Waals surface area (Å²) in [6, 6.07) is 6.80. The normalized spacial score (nSPS) is 17.2. The van der Waals surface area contributed by atoms with E-state index < -0.39 is 0 Å². The van der Waals surface area contributed by atoms with Crippen LogP contribution in [0, 0.1) is 0 Å². The summed E-state index contributed by atoms with van der Waals surface area (Å²) in [6.45, 7) is 0. The summed E-state index contributed by atoms with van der Waals surface area (Å²) in [5.74, 6) is 1.53. The van der Waals surface area contributed by atoms with Crippen LogP contribution < -0.4 is 10.6 Å². The number of amides is 2. The fourth-order valence-corrected chi connectivity index (χ4v) is 2.69. The van der Waals surface area contributed by atoms with Gasteiger partial charge in [0.15, 0.2) is 0 Å². The zero-order valence-corrected chi connectivity index (χ0v) is 13.0. The molecule has 2 amide bonds. The minimum absolute atomic E-state index is 0. The highest BCUT2D eigenvalue weighted by atomic mass is 35.5. The molecule has 2 N–H and O–H groups in total. The lowest BCUT2D eigenvalue weighted by molar-refractivity contribution is -0.117. The number of nitrogens with one attached hydrogen (secondary N) is 2. The van der Waals surface area contributed by atoms with Gasteiger partial charge in [0.05, 0.1) is 6.04 Å². The number of anilines is 1. The fourth-order valence-electron chi connectivity index (χ4n) is 1.75. The van der Waals surface area contributed by atoms with E-state index in [1.165, 1.54) is 4.90 Å². The molecular formula is C13H18ClN3O2S. The number of carbonyl (C=O) groups excluding carboxylic acids is 2. The number of nitrogens with zero attached hydrogens (tertiary/aromatic N) is 1. The molecule has 7 heteroatoms. The highest BCUT2D eigenvalue weighted by molar-refractivity contribution is 7.99. The molecule has 20 heavy (non-hydrogen) atoms. The third-order valence-electron chi connectivity index (χ3n) is 2.84. The molecule has 0 aromatic heterocycles. The van der Waals surface area contributed by atoms with Crippen molar-refractivity contribution in [2.75, 3.05) is 31.0 Å². The van der Waals surface area contributed by atoms with Gasteiger partial charge < -0.3 is 10.2 Å². The Balaban J connectivity index is 0.00000200. The number of benzene rings is 1. The molecule has 2 rings (SSSR count). The summed E-state index contributed by atoms with van der Waals surface area (Å²) >= 11 is 1.71. The van der Waals surface area contributed by atoms with Crippen LogP contribution in [0.15, 0.2) is 24.3 Å². The monoisotopic (exact) mass is 315 g/mol. The van der Waals surface area contributed by atoms with Gasteiger partial charge in [0, 0.05) is 37.0 Å². The van der Waals surface area contributed by atoms with Crippen LogP contribution in [0.4, 0.5) is 5.69 Å². The molecule has 1 unspecified atom stereocenters. The topological polar surface area (TPSA) is 61.4 Å². The number of carbonyl (C=O) groups is 2. The molecule has 1 aliphatic heterocycles. The summed E-state index contributed by atoms with van der Waals surface area (Å²) in [4.78, 5) is 25.1. The molecule has 1 aromatic carbocycles. The maximum absolute atomic E-state index is 11.9. The van der Waals surface area contributed by atoms with Crippen molar-refractivity contribution in [1.29, 1.82) is 0 Å². The highest BCUT2D eigenvalue weighted by Crippen LogP contribution is 2.14. The molecule has 1 saturated heterocycles. The van der Waals surface area contributed by atoms with Gasteiger partial charge in [0.1, 0.15) is 0 Å². The van der Waals surface area contributed by atoms with Crippen molar-refractivity contribution in [3.63, 3.8) is 0 Å². The van der Waals surface area contributed by atoms with Gasteiger partial charge in [0.25, 0.3) is 5.91 Å². The SMILES string of the molecule is CN(C)C(=O)c1ccc(NC(=O)C2CSCN2)cc1.Cl. The van der Waals surface area contributed by atoms with Gasteiger partial charge >= 0.3 is 0 Å². The molecule has 1 heterocycles. The minimum atomic E-state index is -0.131. The Morgan fingerprint density at radius 1 is 1.30 bits per heavy atom. The minimum Gasteiger partial charge on any atom is -0.345 e. The van der Waals surface area contributed by atoms with Gasteiger partial charge in [0.2, 0.25) is 5.91 Å². The highest BCUT2D eigenvalue weighted by Gasteiger charge is 2.22. The van der Waals surface area contributed by atoms with E-state index in [0.717, 1.165) is 11.6 Å². The molecule has 5 nitrogen and oxygen atoms in total. The average Bonchev–Trinajstić information content (AvgIpc) is 2.92. The quantitative estimate of drug-likeness (QED) is 0.885. The Morgan fingerprint density at radius 2 is 1.95 bits per heavy atom. The van der Waals surface area contributed by atoms with Crippen molar-refractivity contribution in [3.05, 3.63) is 29.8 Å². The molecule has 0 saturated carbocycles. The molecule has 0 radical (unpaired) electrons. The van der Waals surface area contributed by atoms with Crippen molar-refractivity contribution in [2.45, 2.75) is 6.04 Å². The largest absolute Gasteiger partial charge is 0.345 e. The molecule has 1 atom stereocenters. The first kappa shape index (κ1) is 16.8. The molecular weight excluding hydrogens is 298 g/mol. The van der Waals surface area contributed by atoms with Crippen molar-refractivity contribution >= 4 is 41.7 Å². The van der Waals surface area contributed by atoms with Gasteiger partial charge in [-0.1, -0.05) is 0 Å². The van der Waals surface area contributed by atoms with Crippen molar-refractivity contribution in [1.82, 2.24) is 10.2 Å². The van der Waals surface area contributed by atoms with Crippen molar-refractivity contribution in [2.24, 2.45) is 0 Å². The van der Waals surface area contributed by atoms with E-state index >= 15 is 0 Å². The first-order valence-electron chi connectivity index (χ1n) is 6.01. The molecule has 1 fully saturated rings. The zero-order valence-electron chi connectivity index (χ0n) is 11.4. The van der Waals surface area contributed by atoms with E-state index in [2.05, 4.69) is 10.6 Å². The maximum Gasteiger partial charge on any atom is 0.253 e. The zero-order chi connectivity index (χ0) is 13.8. The standard InChI is InChI=1S/C13H17N3O2S.ClH/c1-16(2)13(18)9-3-5-10(6-4-9)15-12(17)11-7-19-8-14-11;/h3-6,11,14H,7-8H2,1-2H3,(H,15,17);1H. The number of thioether (sulfide) groups is 1. The van der Waals surface area contributed by atoms with Crippen LogP contribution in [0.5, 0.6) is 0 Å². The van der Waals surface area contributed by atoms with Crippen LogP contribution in [0.3, 0.4) is 0 Å². The Labute approximate surface area is 128 Å². The lowest BCUT2D eigenvalue weighted by Crippen LogP contribution is -2.37. The molecule has 0 bridgehead atoms. The molecule has 1 aliphatic rings. The molecule has 110 valence electrons. The van der Waals surface area contributed by atoms with E-state index in [0.29, 0.717) is 11.3 Å². The summed E-state index contributed by atoms with van der Waals surface area (Å²) < 4.78 is 0. The van der Waals surface area contributed by atoms with Gasteiger partial charge in [-0.3, -0.25) is 14.9 Å². The lowest BCUT2D eigenvalue weighted by Gasteiger charge is -2.12. The number of hydrogen-bond donors (Lipinski definition) is 2. The van der Waals surface area contributed by atoms with E-state index in [9.17, 15) is 9.59 Å². The van der Waals surface area contributed by atoms with Crippen LogP contribution in [-0.4, -0.2) is 48.5 Å². The van der Waals surface area contributed by atoms with E-state index in [1.54, 1.807) is 50.1 Å². The van der Waals surface area contributed by atoms with Crippen molar-refractivity contribution < 1.29 is 9.59 Å². The van der Waals surface area contributed by atoms with Crippen LogP contribution in [-0.2, 0) is 4.79 Å². The second kappa shape index (κ2) is 7.52. The lowest BCUT2D eigenvalue weighted by atomic mass is 10.2. The average molecular weight is 316 g/mol. The predicted molar refractivity (Wildman–Crippen MR) is 84.6 cm³/mol. The molecule has 1 aromatic rings. The van der Waals surface area contributed by atoms with Gasteiger partial charge in [-0.2, -0.15) is 0 Å². The summed E-state index contributed by atoms with van der Waals surface area (Å²) in [6.07, 6.45) is 0. The van der Waals surface area contributed by atoms with Crippen LogP contribution in [0.2, 0.25) is 0 Å². The smallest absolute Gasteiger partial charge is 0.253 e. The van der Waals surface area contributed by atoms with Crippen LogP contribution >= 0.6 is 24.2 Å². The van der Waals surface area contributed by atoms with Crippen LogP contribution in [0.1, 0.15) is 10.4 Å². The van der Waals surface area contributed by atoms with E-state index in [1.807, 2.05) is 0 Å². The van der Waals surface area contributed by atoms with Gasteiger partial charge in [-0.25, -0.2) is 0 Å². The Kier molecular flexibility index (Phi) is 6.32. The Bertz CT molecular complexity index is 473. The number of hydrogen-bond acceptors (Lipinski definition) is 4. The van der Waals surface area contributed by atoms with Crippen molar-refractivity contribution in [3.8, 4) is 0 Å². The van der Waals surface area contributed by atoms with E-state index in [4.69, 9.17) is 0 Å².